The van der Waals surface area contributed by atoms with Crippen LogP contribution in [0.4, 0.5) is 0 Å². The number of halogens is 1. The molecule has 0 saturated heterocycles. The Balaban J connectivity index is 2.20. The van der Waals surface area contributed by atoms with Crippen LogP contribution in [-0.4, -0.2) is 31.2 Å². The summed E-state index contributed by atoms with van der Waals surface area (Å²) in [6.07, 6.45) is 4.35. The number of aromatic amines is 1. The van der Waals surface area contributed by atoms with Gasteiger partial charge in [0, 0.05) is 10.7 Å². The van der Waals surface area contributed by atoms with E-state index >= 15 is 0 Å². The number of nitrogens with zero attached hydrogens (tertiary/aromatic N) is 1. The minimum Gasteiger partial charge on any atom is -0.461 e. The van der Waals surface area contributed by atoms with Gasteiger partial charge in [-0.1, -0.05) is 26.7 Å². The summed E-state index contributed by atoms with van der Waals surface area (Å²) in [4.78, 5) is 11.8. The smallest absolute Gasteiger partial charge is 0.360 e. The summed E-state index contributed by atoms with van der Waals surface area (Å²) < 4.78 is 28.6. The van der Waals surface area contributed by atoms with E-state index in [1.54, 1.807) is 13.8 Å². The zero-order valence-electron chi connectivity index (χ0n) is 12.1. The molecule has 2 rings (SSSR count). The van der Waals surface area contributed by atoms with Crippen LogP contribution in [0.25, 0.3) is 0 Å². The zero-order valence-corrected chi connectivity index (χ0v) is 13.6. The average Bonchev–Trinajstić information content (AvgIpc) is 3.03. The number of aromatic nitrogens is 2. The van der Waals surface area contributed by atoms with Crippen molar-refractivity contribution in [2.24, 2.45) is 5.92 Å². The lowest BCUT2D eigenvalue weighted by molar-refractivity contribution is 0.0431. The fourth-order valence-corrected chi connectivity index (χ4v) is 3.93. The molecule has 1 aromatic rings. The maximum Gasteiger partial charge on any atom is 0.360 e. The fraction of sp³-hybridized carbons (Fsp3) is 0.692. The highest BCUT2D eigenvalue weighted by Gasteiger charge is 2.31. The standard InChI is InChI=1S/C13H19ClN2O4S/c1-8(2)10-12(21(14,18)19)11(16-15-10)13(17)20-7-9-5-3-4-6-9/h8-9H,3-7H2,1-2H3,(H,15,16). The number of hydrogen-bond acceptors (Lipinski definition) is 5. The summed E-state index contributed by atoms with van der Waals surface area (Å²) in [6.45, 7) is 3.87. The number of carbonyl (C=O) groups excluding carboxylic acids is 1. The SMILES string of the molecule is CC(C)c1[nH]nc(C(=O)OCC2CCCC2)c1S(=O)(=O)Cl. The first kappa shape index (κ1) is 16.3. The number of ether oxygens (including phenoxy) is 1. The molecule has 0 amide bonds. The van der Waals surface area contributed by atoms with Gasteiger partial charge in [-0.25, -0.2) is 13.2 Å². The highest BCUT2D eigenvalue weighted by molar-refractivity contribution is 8.13. The third-order valence-corrected chi connectivity index (χ3v) is 5.05. The molecule has 1 saturated carbocycles. The van der Waals surface area contributed by atoms with Gasteiger partial charge in [-0.05, 0) is 24.7 Å². The van der Waals surface area contributed by atoms with Crippen molar-refractivity contribution in [3.05, 3.63) is 11.4 Å². The predicted octanol–water partition coefficient (Wildman–Crippen LogP) is 2.81. The second-order valence-electron chi connectivity index (χ2n) is 5.66. The maximum absolute atomic E-state index is 12.1. The van der Waals surface area contributed by atoms with Crippen molar-refractivity contribution in [3.8, 4) is 0 Å². The van der Waals surface area contributed by atoms with E-state index in [9.17, 15) is 13.2 Å². The topological polar surface area (TPSA) is 89.1 Å². The molecule has 1 N–H and O–H groups in total. The van der Waals surface area contributed by atoms with E-state index in [4.69, 9.17) is 15.4 Å². The van der Waals surface area contributed by atoms with Gasteiger partial charge in [0.1, 0.15) is 4.90 Å². The molecule has 0 aromatic carbocycles. The molecule has 1 aliphatic carbocycles. The summed E-state index contributed by atoms with van der Waals surface area (Å²) in [6, 6.07) is 0. The number of H-pyrrole nitrogens is 1. The second-order valence-corrected chi connectivity index (χ2v) is 8.16. The molecule has 1 fully saturated rings. The van der Waals surface area contributed by atoms with Gasteiger partial charge >= 0.3 is 5.97 Å². The Morgan fingerprint density at radius 3 is 2.57 bits per heavy atom. The lowest BCUT2D eigenvalue weighted by Gasteiger charge is -2.09. The van der Waals surface area contributed by atoms with Gasteiger partial charge in [0.2, 0.25) is 0 Å². The molecular weight excluding hydrogens is 316 g/mol. The van der Waals surface area contributed by atoms with E-state index in [-0.39, 0.29) is 16.5 Å². The lowest BCUT2D eigenvalue weighted by atomic mass is 10.1. The number of rotatable bonds is 5. The van der Waals surface area contributed by atoms with E-state index in [0.29, 0.717) is 18.2 Å². The van der Waals surface area contributed by atoms with E-state index in [1.165, 1.54) is 0 Å². The van der Waals surface area contributed by atoms with Gasteiger partial charge in [0.25, 0.3) is 9.05 Å². The zero-order chi connectivity index (χ0) is 15.6. The first-order chi connectivity index (χ1) is 9.80. The minimum atomic E-state index is -4.07. The van der Waals surface area contributed by atoms with Crippen molar-refractivity contribution < 1.29 is 17.9 Å². The Bertz CT molecular complexity index is 618. The normalized spacial score (nSPS) is 16.6. The summed E-state index contributed by atoms with van der Waals surface area (Å²) >= 11 is 0. The van der Waals surface area contributed by atoms with Crippen LogP contribution in [0.5, 0.6) is 0 Å². The van der Waals surface area contributed by atoms with Crippen LogP contribution < -0.4 is 0 Å². The van der Waals surface area contributed by atoms with Gasteiger partial charge in [-0.3, -0.25) is 5.10 Å². The Morgan fingerprint density at radius 2 is 2.05 bits per heavy atom. The van der Waals surface area contributed by atoms with Gasteiger partial charge in [-0.2, -0.15) is 5.10 Å². The van der Waals surface area contributed by atoms with Crippen molar-refractivity contribution in [2.45, 2.75) is 50.3 Å². The Hall–Kier alpha value is -1.08. The summed E-state index contributed by atoms with van der Waals surface area (Å²) in [5, 5.41) is 6.36. The largest absolute Gasteiger partial charge is 0.461 e. The third-order valence-electron chi connectivity index (χ3n) is 3.69. The van der Waals surface area contributed by atoms with Gasteiger partial charge in [0.05, 0.1) is 12.3 Å². The maximum atomic E-state index is 12.1. The minimum absolute atomic E-state index is 0.155. The Morgan fingerprint density at radius 1 is 1.43 bits per heavy atom. The predicted molar refractivity (Wildman–Crippen MR) is 78.0 cm³/mol. The summed E-state index contributed by atoms with van der Waals surface area (Å²) in [5.41, 5.74) is 0.0597. The first-order valence-corrected chi connectivity index (χ1v) is 9.31. The van der Waals surface area contributed by atoms with Crippen LogP contribution in [0.1, 0.15) is 61.6 Å². The molecule has 1 aromatic heterocycles. The number of carbonyl (C=O) groups is 1. The molecular formula is C13H19ClN2O4S. The number of hydrogen-bond donors (Lipinski definition) is 1. The summed E-state index contributed by atoms with van der Waals surface area (Å²) in [5.74, 6) is -0.546. The molecule has 8 heteroatoms. The van der Waals surface area contributed by atoms with Gasteiger partial charge in [-0.15, -0.1) is 0 Å². The molecule has 0 unspecified atom stereocenters. The molecule has 0 spiro atoms. The monoisotopic (exact) mass is 334 g/mol. The molecule has 21 heavy (non-hydrogen) atoms. The van der Waals surface area contributed by atoms with Crippen LogP contribution in [0.3, 0.4) is 0 Å². The van der Waals surface area contributed by atoms with Crippen molar-refractivity contribution >= 4 is 25.7 Å². The van der Waals surface area contributed by atoms with Crippen LogP contribution >= 0.6 is 10.7 Å². The molecule has 1 heterocycles. The summed E-state index contributed by atoms with van der Waals surface area (Å²) in [7, 11) is 1.36. The average molecular weight is 335 g/mol. The number of nitrogens with one attached hydrogen (secondary N) is 1. The fourth-order valence-electron chi connectivity index (χ4n) is 2.56. The van der Waals surface area contributed by atoms with Crippen molar-refractivity contribution in [1.82, 2.24) is 10.2 Å². The highest BCUT2D eigenvalue weighted by atomic mass is 35.7. The molecule has 0 aliphatic heterocycles. The van der Waals surface area contributed by atoms with Crippen LogP contribution in [0, 0.1) is 5.92 Å². The molecule has 1 aliphatic rings. The molecule has 6 nitrogen and oxygen atoms in total. The quantitative estimate of drug-likeness (QED) is 0.660. The molecule has 0 atom stereocenters. The van der Waals surface area contributed by atoms with Crippen LogP contribution in [0.15, 0.2) is 4.90 Å². The first-order valence-electron chi connectivity index (χ1n) is 7.00. The Kier molecular flexibility index (Phi) is 4.93. The van der Waals surface area contributed by atoms with Crippen LogP contribution in [0.2, 0.25) is 0 Å². The van der Waals surface area contributed by atoms with E-state index < -0.39 is 15.0 Å². The van der Waals surface area contributed by atoms with Crippen molar-refractivity contribution in [3.63, 3.8) is 0 Å². The van der Waals surface area contributed by atoms with Crippen molar-refractivity contribution in [1.29, 1.82) is 0 Å². The Labute approximate surface area is 128 Å². The third kappa shape index (κ3) is 3.77. The van der Waals surface area contributed by atoms with E-state index in [2.05, 4.69) is 10.2 Å². The second kappa shape index (κ2) is 6.36. The molecule has 0 radical (unpaired) electrons. The lowest BCUT2D eigenvalue weighted by Crippen LogP contribution is -2.14. The highest BCUT2D eigenvalue weighted by Crippen LogP contribution is 2.29. The number of esters is 1. The van der Waals surface area contributed by atoms with Gasteiger partial charge < -0.3 is 4.74 Å². The van der Waals surface area contributed by atoms with Crippen LogP contribution in [-0.2, 0) is 13.8 Å². The molecule has 118 valence electrons. The van der Waals surface area contributed by atoms with Crippen molar-refractivity contribution in [2.75, 3.05) is 6.61 Å². The van der Waals surface area contributed by atoms with E-state index in [0.717, 1.165) is 25.7 Å². The molecule has 0 bridgehead atoms. The van der Waals surface area contributed by atoms with E-state index in [1.807, 2.05) is 0 Å². The van der Waals surface area contributed by atoms with Gasteiger partial charge in [0.15, 0.2) is 5.69 Å².